The van der Waals surface area contributed by atoms with Crippen LogP contribution in [0.1, 0.15) is 17.5 Å². The molecule has 1 fully saturated rings. The minimum atomic E-state index is -3.21. The molecule has 2 aromatic carbocycles. The molecule has 4 rings (SSSR count). The standard InChI is InChI=1S/C20H21N3O4S/c24-20(22-14-16-5-2-7-19-18(16)8-10-27-19)21-13-15-4-1-6-17(12-15)23-9-3-11-28(23,25)26/h1-2,4-8,10,12H,3,9,11,13-14H2,(H2,21,22,24). The molecule has 0 saturated carbocycles. The van der Waals surface area contributed by atoms with Gasteiger partial charge in [0.05, 0.1) is 17.7 Å². The van der Waals surface area contributed by atoms with Crippen LogP contribution in [-0.4, -0.2) is 26.7 Å². The molecule has 2 heterocycles. The Kier molecular flexibility index (Phi) is 4.95. The average molecular weight is 399 g/mol. The Morgan fingerprint density at radius 3 is 2.71 bits per heavy atom. The third-order valence-electron chi connectivity index (χ3n) is 4.78. The lowest BCUT2D eigenvalue weighted by Gasteiger charge is -2.17. The Hall–Kier alpha value is -3.00. The summed E-state index contributed by atoms with van der Waals surface area (Å²) in [7, 11) is -3.21. The molecule has 2 N–H and O–H groups in total. The topological polar surface area (TPSA) is 91.7 Å². The van der Waals surface area contributed by atoms with Crippen LogP contribution in [0.2, 0.25) is 0 Å². The Morgan fingerprint density at radius 1 is 1.07 bits per heavy atom. The number of benzene rings is 2. The van der Waals surface area contributed by atoms with E-state index in [1.54, 1.807) is 24.5 Å². The van der Waals surface area contributed by atoms with E-state index in [1.807, 2.05) is 30.3 Å². The van der Waals surface area contributed by atoms with Crippen molar-refractivity contribution in [1.29, 1.82) is 0 Å². The molecule has 7 nitrogen and oxygen atoms in total. The number of hydrogen-bond donors (Lipinski definition) is 2. The van der Waals surface area contributed by atoms with Gasteiger partial charge in [-0.2, -0.15) is 0 Å². The van der Waals surface area contributed by atoms with E-state index in [0.29, 0.717) is 31.7 Å². The van der Waals surface area contributed by atoms with E-state index >= 15 is 0 Å². The highest BCUT2D eigenvalue weighted by atomic mass is 32.2. The summed E-state index contributed by atoms with van der Waals surface area (Å²) in [5.41, 5.74) is 3.24. The molecule has 1 saturated heterocycles. The molecule has 1 aliphatic rings. The molecule has 1 aliphatic heterocycles. The predicted molar refractivity (Wildman–Crippen MR) is 107 cm³/mol. The Bertz CT molecular complexity index is 1110. The lowest BCUT2D eigenvalue weighted by atomic mass is 10.1. The summed E-state index contributed by atoms with van der Waals surface area (Å²) in [6.45, 7) is 1.19. The van der Waals surface area contributed by atoms with Crippen LogP contribution in [0.25, 0.3) is 11.0 Å². The zero-order chi connectivity index (χ0) is 19.6. The van der Waals surface area contributed by atoms with E-state index in [0.717, 1.165) is 22.1 Å². The molecule has 1 aromatic heterocycles. The Labute approximate surface area is 163 Å². The first-order chi connectivity index (χ1) is 13.5. The van der Waals surface area contributed by atoms with Crippen LogP contribution in [0, 0.1) is 0 Å². The molecule has 146 valence electrons. The fourth-order valence-electron chi connectivity index (χ4n) is 3.38. The maximum absolute atomic E-state index is 12.2. The Morgan fingerprint density at radius 2 is 1.89 bits per heavy atom. The first-order valence-corrected chi connectivity index (χ1v) is 10.7. The quantitative estimate of drug-likeness (QED) is 0.690. The van der Waals surface area contributed by atoms with Crippen molar-refractivity contribution in [2.75, 3.05) is 16.6 Å². The first-order valence-electron chi connectivity index (χ1n) is 9.09. The van der Waals surface area contributed by atoms with Gasteiger partial charge in [0.1, 0.15) is 5.58 Å². The number of sulfonamides is 1. The van der Waals surface area contributed by atoms with E-state index in [-0.39, 0.29) is 11.8 Å². The summed E-state index contributed by atoms with van der Waals surface area (Å²) in [4.78, 5) is 12.2. The lowest BCUT2D eigenvalue weighted by Crippen LogP contribution is -2.34. The smallest absolute Gasteiger partial charge is 0.315 e. The van der Waals surface area contributed by atoms with E-state index < -0.39 is 10.0 Å². The van der Waals surface area contributed by atoms with Gasteiger partial charge in [-0.05, 0) is 41.8 Å². The van der Waals surface area contributed by atoms with Crippen molar-refractivity contribution < 1.29 is 17.6 Å². The molecule has 2 amide bonds. The van der Waals surface area contributed by atoms with Crippen LogP contribution in [0.4, 0.5) is 10.5 Å². The maximum Gasteiger partial charge on any atom is 0.315 e. The average Bonchev–Trinajstić information content (AvgIpc) is 3.31. The van der Waals surface area contributed by atoms with Crippen LogP contribution in [0.5, 0.6) is 0 Å². The minimum absolute atomic E-state index is 0.182. The van der Waals surface area contributed by atoms with Gasteiger partial charge in [0, 0.05) is 25.0 Å². The number of carbonyl (C=O) groups excluding carboxylic acids is 1. The SMILES string of the molecule is O=C(NCc1cccc(N2CCCS2(=O)=O)c1)NCc1cccc2occc12. The van der Waals surface area contributed by atoms with Gasteiger partial charge in [0.25, 0.3) is 0 Å². The highest BCUT2D eigenvalue weighted by Gasteiger charge is 2.28. The van der Waals surface area contributed by atoms with Crippen molar-refractivity contribution in [2.24, 2.45) is 0 Å². The molecule has 0 atom stereocenters. The summed E-state index contributed by atoms with van der Waals surface area (Å²) < 4.78 is 30.9. The van der Waals surface area contributed by atoms with Gasteiger partial charge >= 0.3 is 6.03 Å². The monoisotopic (exact) mass is 399 g/mol. The van der Waals surface area contributed by atoms with Gasteiger partial charge < -0.3 is 15.1 Å². The van der Waals surface area contributed by atoms with Crippen molar-refractivity contribution in [2.45, 2.75) is 19.5 Å². The highest BCUT2D eigenvalue weighted by Crippen LogP contribution is 2.24. The van der Waals surface area contributed by atoms with Gasteiger partial charge in [-0.1, -0.05) is 24.3 Å². The van der Waals surface area contributed by atoms with Gasteiger partial charge in [-0.3, -0.25) is 4.31 Å². The van der Waals surface area contributed by atoms with Crippen LogP contribution >= 0.6 is 0 Å². The largest absolute Gasteiger partial charge is 0.464 e. The summed E-state index contributed by atoms with van der Waals surface area (Å²) in [5.74, 6) is 0.182. The van der Waals surface area contributed by atoms with Crippen molar-refractivity contribution in [3.63, 3.8) is 0 Å². The summed E-state index contributed by atoms with van der Waals surface area (Å²) in [6.07, 6.45) is 2.26. The molecular weight excluding hydrogens is 378 g/mol. The minimum Gasteiger partial charge on any atom is -0.464 e. The number of amides is 2. The zero-order valence-electron chi connectivity index (χ0n) is 15.2. The molecule has 3 aromatic rings. The van der Waals surface area contributed by atoms with E-state index in [4.69, 9.17) is 4.42 Å². The molecule has 0 spiro atoms. The Balaban J connectivity index is 1.35. The van der Waals surface area contributed by atoms with E-state index in [9.17, 15) is 13.2 Å². The number of anilines is 1. The lowest BCUT2D eigenvalue weighted by molar-refractivity contribution is 0.240. The number of furan rings is 1. The number of urea groups is 1. The number of rotatable bonds is 5. The third kappa shape index (κ3) is 3.82. The second kappa shape index (κ2) is 7.55. The molecule has 0 bridgehead atoms. The number of nitrogens with one attached hydrogen (secondary N) is 2. The van der Waals surface area contributed by atoms with Crippen LogP contribution in [0.15, 0.2) is 59.2 Å². The second-order valence-electron chi connectivity index (χ2n) is 6.70. The molecule has 0 aliphatic carbocycles. The van der Waals surface area contributed by atoms with Gasteiger partial charge in [-0.25, -0.2) is 13.2 Å². The number of carbonyl (C=O) groups is 1. The molecule has 0 unspecified atom stereocenters. The third-order valence-corrected chi connectivity index (χ3v) is 6.65. The number of nitrogens with zero attached hydrogens (tertiary/aromatic N) is 1. The summed E-state index contributed by atoms with van der Waals surface area (Å²) in [6, 6.07) is 14.5. The zero-order valence-corrected chi connectivity index (χ0v) is 16.0. The van der Waals surface area contributed by atoms with E-state index in [2.05, 4.69) is 10.6 Å². The van der Waals surface area contributed by atoms with Crippen molar-refractivity contribution in [3.05, 3.63) is 65.9 Å². The number of hydrogen-bond acceptors (Lipinski definition) is 4. The summed E-state index contributed by atoms with van der Waals surface area (Å²) in [5, 5.41) is 6.62. The van der Waals surface area contributed by atoms with Crippen LogP contribution in [0.3, 0.4) is 0 Å². The van der Waals surface area contributed by atoms with Gasteiger partial charge in [-0.15, -0.1) is 0 Å². The van der Waals surface area contributed by atoms with Gasteiger partial charge in [0.2, 0.25) is 10.0 Å². The first kappa shape index (κ1) is 18.4. The van der Waals surface area contributed by atoms with Gasteiger partial charge in [0.15, 0.2) is 0 Å². The predicted octanol–water partition coefficient (Wildman–Crippen LogP) is 2.97. The maximum atomic E-state index is 12.2. The number of fused-ring (bicyclic) bond motifs is 1. The van der Waals surface area contributed by atoms with E-state index in [1.165, 1.54) is 4.31 Å². The molecule has 0 radical (unpaired) electrons. The highest BCUT2D eigenvalue weighted by molar-refractivity contribution is 7.93. The molecule has 8 heteroatoms. The fraction of sp³-hybridized carbons (Fsp3) is 0.250. The molecule has 28 heavy (non-hydrogen) atoms. The second-order valence-corrected chi connectivity index (χ2v) is 8.71. The summed E-state index contributed by atoms with van der Waals surface area (Å²) >= 11 is 0. The van der Waals surface area contributed by atoms with Crippen LogP contribution in [-0.2, 0) is 23.1 Å². The molecular formula is C20H21N3O4S. The van der Waals surface area contributed by atoms with Crippen molar-refractivity contribution in [1.82, 2.24) is 10.6 Å². The van der Waals surface area contributed by atoms with Crippen molar-refractivity contribution in [3.8, 4) is 0 Å². The van der Waals surface area contributed by atoms with Crippen molar-refractivity contribution >= 4 is 32.7 Å². The van der Waals surface area contributed by atoms with Crippen LogP contribution < -0.4 is 14.9 Å². The fourth-order valence-corrected chi connectivity index (χ4v) is 4.94. The normalized spacial score (nSPS) is 15.6.